The lowest BCUT2D eigenvalue weighted by Gasteiger charge is -2.29. The van der Waals surface area contributed by atoms with Gasteiger partial charge in [-0.15, -0.1) is 0 Å². The number of nitrogens with two attached hydrogens (primary N) is 2. The van der Waals surface area contributed by atoms with Gasteiger partial charge in [0.1, 0.15) is 0 Å². The van der Waals surface area contributed by atoms with Gasteiger partial charge in [0.25, 0.3) is 0 Å². The Labute approximate surface area is 101 Å². The number of fused-ring (bicyclic) bond motifs is 1. The van der Waals surface area contributed by atoms with Crippen molar-refractivity contribution in [3.8, 4) is 0 Å². The second-order valence-corrected chi connectivity index (χ2v) is 5.08. The number of hydrogen-bond donors (Lipinski definition) is 2. The Hall–Kier alpha value is -1.14. The largest absolute Gasteiger partial charge is 0.399 e. The number of nitrogens with zero attached hydrogens (tertiary/aromatic N) is 1. The predicted octanol–water partition coefficient (Wildman–Crippen LogP) is 1.75. The van der Waals surface area contributed by atoms with Crippen molar-refractivity contribution >= 4 is 21.6 Å². The summed E-state index contributed by atoms with van der Waals surface area (Å²) in [5.41, 5.74) is 13.9. The zero-order chi connectivity index (χ0) is 11.9. The van der Waals surface area contributed by atoms with Crippen LogP contribution < -0.4 is 11.5 Å². The molecule has 0 saturated carbocycles. The Morgan fingerprint density at radius 3 is 2.75 bits per heavy atom. The fourth-order valence-corrected chi connectivity index (χ4v) is 2.88. The van der Waals surface area contributed by atoms with E-state index in [0.29, 0.717) is 12.1 Å². The van der Waals surface area contributed by atoms with Crippen LogP contribution in [0.1, 0.15) is 28.4 Å². The van der Waals surface area contributed by atoms with Crippen molar-refractivity contribution in [3.63, 3.8) is 0 Å². The molecule has 16 heavy (non-hydrogen) atoms. The van der Waals surface area contributed by atoms with E-state index in [1.54, 1.807) is 12.1 Å². The van der Waals surface area contributed by atoms with Crippen LogP contribution in [0.25, 0.3) is 0 Å². The Kier molecular flexibility index (Phi) is 2.86. The number of nitro groups is 1. The Morgan fingerprint density at radius 2 is 2.12 bits per heavy atom. The third-order valence-electron chi connectivity index (χ3n) is 2.94. The monoisotopic (exact) mass is 285 g/mol. The summed E-state index contributed by atoms with van der Waals surface area (Å²) in [6.07, 6.45) is 0.408. The first-order valence-electron chi connectivity index (χ1n) is 4.93. The van der Waals surface area contributed by atoms with Crippen LogP contribution in [0.3, 0.4) is 0 Å². The van der Waals surface area contributed by atoms with Crippen LogP contribution in [0, 0.1) is 10.1 Å². The zero-order valence-electron chi connectivity index (χ0n) is 8.47. The topological polar surface area (TPSA) is 95.2 Å². The van der Waals surface area contributed by atoms with E-state index in [0.717, 1.165) is 11.1 Å². The molecular weight excluding hydrogens is 274 g/mol. The SMILES string of the molecule is Nc1ccc2c(c1)C(N)C([N+](=O)[O-])CC2Br. The molecule has 0 saturated heterocycles. The standard InChI is InChI=1S/C10H12BrN3O2/c11-8-4-9(14(15)16)10(13)7-3-5(12)1-2-6(7)8/h1-3,8-10H,4,12-13H2. The smallest absolute Gasteiger partial charge is 0.233 e. The van der Waals surface area contributed by atoms with Gasteiger partial charge >= 0.3 is 0 Å². The van der Waals surface area contributed by atoms with Gasteiger partial charge in [-0.1, -0.05) is 22.0 Å². The average Bonchev–Trinajstić information content (AvgIpc) is 2.22. The predicted molar refractivity (Wildman–Crippen MR) is 64.9 cm³/mol. The molecule has 3 unspecified atom stereocenters. The minimum atomic E-state index is -0.751. The molecule has 0 heterocycles. The van der Waals surface area contributed by atoms with Crippen LogP contribution in [-0.4, -0.2) is 11.0 Å². The normalized spacial score (nSPS) is 28.5. The first-order valence-corrected chi connectivity index (χ1v) is 5.84. The molecule has 0 spiro atoms. The molecule has 2 rings (SSSR count). The number of nitrogen functional groups attached to an aromatic ring is 1. The van der Waals surface area contributed by atoms with E-state index >= 15 is 0 Å². The number of benzene rings is 1. The zero-order valence-corrected chi connectivity index (χ0v) is 10.1. The van der Waals surface area contributed by atoms with Gasteiger partial charge in [-0.25, -0.2) is 0 Å². The summed E-state index contributed by atoms with van der Waals surface area (Å²) in [6.45, 7) is 0. The molecule has 3 atom stereocenters. The fourth-order valence-electron chi connectivity index (χ4n) is 2.08. The number of alkyl halides is 1. The number of halogens is 1. The van der Waals surface area contributed by atoms with Crippen molar-refractivity contribution in [2.24, 2.45) is 5.73 Å². The third kappa shape index (κ3) is 1.78. The molecule has 0 radical (unpaired) electrons. The summed E-state index contributed by atoms with van der Waals surface area (Å²) in [5, 5.41) is 10.9. The molecule has 0 amide bonds. The van der Waals surface area contributed by atoms with Gasteiger partial charge in [0, 0.05) is 21.9 Å². The minimum Gasteiger partial charge on any atom is -0.399 e. The fraction of sp³-hybridized carbons (Fsp3) is 0.400. The second-order valence-electron chi connectivity index (χ2n) is 3.97. The summed E-state index contributed by atoms with van der Waals surface area (Å²) >= 11 is 3.45. The second kappa shape index (κ2) is 4.03. The maximum Gasteiger partial charge on any atom is 0.233 e. The molecule has 5 nitrogen and oxygen atoms in total. The van der Waals surface area contributed by atoms with Gasteiger partial charge in [-0.05, 0) is 23.3 Å². The van der Waals surface area contributed by atoms with E-state index in [2.05, 4.69) is 15.9 Å². The van der Waals surface area contributed by atoms with E-state index in [1.807, 2.05) is 6.07 Å². The van der Waals surface area contributed by atoms with Gasteiger partial charge in [0.15, 0.2) is 0 Å². The molecule has 1 aromatic rings. The maximum atomic E-state index is 10.9. The molecule has 1 aliphatic rings. The van der Waals surface area contributed by atoms with Crippen LogP contribution in [0.15, 0.2) is 18.2 Å². The summed E-state index contributed by atoms with van der Waals surface area (Å²) in [5.74, 6) is 0. The van der Waals surface area contributed by atoms with Gasteiger partial charge in [0.2, 0.25) is 6.04 Å². The molecule has 6 heteroatoms. The minimum absolute atomic E-state index is 0.0294. The van der Waals surface area contributed by atoms with Crippen LogP contribution in [0.5, 0.6) is 0 Å². The van der Waals surface area contributed by atoms with E-state index in [1.165, 1.54) is 0 Å². The van der Waals surface area contributed by atoms with Crippen molar-refractivity contribution in [1.82, 2.24) is 0 Å². The number of rotatable bonds is 1. The van der Waals surface area contributed by atoms with Crippen LogP contribution in [-0.2, 0) is 0 Å². The highest BCUT2D eigenvalue weighted by Gasteiger charge is 2.39. The van der Waals surface area contributed by atoms with Crippen molar-refractivity contribution in [2.45, 2.75) is 23.3 Å². The Morgan fingerprint density at radius 1 is 1.44 bits per heavy atom. The van der Waals surface area contributed by atoms with Crippen LogP contribution >= 0.6 is 15.9 Å². The molecular formula is C10H12BrN3O2. The lowest BCUT2D eigenvalue weighted by atomic mass is 9.84. The summed E-state index contributed by atoms with van der Waals surface area (Å²) in [4.78, 5) is 10.5. The highest BCUT2D eigenvalue weighted by molar-refractivity contribution is 9.09. The molecule has 1 aliphatic carbocycles. The highest BCUT2D eigenvalue weighted by Crippen LogP contribution is 2.41. The highest BCUT2D eigenvalue weighted by atomic mass is 79.9. The molecule has 4 N–H and O–H groups in total. The third-order valence-corrected chi connectivity index (χ3v) is 3.81. The lowest BCUT2D eigenvalue weighted by Crippen LogP contribution is -2.37. The summed E-state index contributed by atoms with van der Waals surface area (Å²) < 4.78 is 0. The average molecular weight is 286 g/mol. The van der Waals surface area contributed by atoms with Crippen LogP contribution in [0.4, 0.5) is 5.69 Å². The quantitative estimate of drug-likeness (QED) is 0.356. The van der Waals surface area contributed by atoms with E-state index in [-0.39, 0.29) is 9.75 Å². The summed E-state index contributed by atoms with van der Waals surface area (Å²) in [7, 11) is 0. The summed E-state index contributed by atoms with van der Waals surface area (Å²) in [6, 6.07) is 4.05. The first kappa shape index (κ1) is 11.3. The number of anilines is 1. The van der Waals surface area contributed by atoms with Crippen LogP contribution in [0.2, 0.25) is 0 Å². The van der Waals surface area contributed by atoms with Crippen molar-refractivity contribution in [3.05, 3.63) is 39.4 Å². The lowest BCUT2D eigenvalue weighted by molar-refractivity contribution is -0.528. The van der Waals surface area contributed by atoms with Gasteiger partial charge < -0.3 is 11.5 Å². The molecule has 0 bridgehead atoms. The Bertz CT molecular complexity index is 438. The van der Waals surface area contributed by atoms with E-state index in [9.17, 15) is 10.1 Å². The number of hydrogen-bond acceptors (Lipinski definition) is 4. The van der Waals surface area contributed by atoms with E-state index in [4.69, 9.17) is 11.5 Å². The van der Waals surface area contributed by atoms with Crippen molar-refractivity contribution < 1.29 is 4.92 Å². The molecule has 86 valence electrons. The molecule has 0 aromatic heterocycles. The van der Waals surface area contributed by atoms with Crippen molar-refractivity contribution in [1.29, 1.82) is 0 Å². The molecule has 0 fully saturated rings. The van der Waals surface area contributed by atoms with Gasteiger partial charge in [0.05, 0.1) is 6.04 Å². The first-order chi connectivity index (χ1) is 7.50. The maximum absolute atomic E-state index is 10.9. The molecule has 0 aliphatic heterocycles. The van der Waals surface area contributed by atoms with Gasteiger partial charge in [-0.3, -0.25) is 10.1 Å². The molecule has 1 aromatic carbocycles. The Balaban J connectivity index is 2.48. The van der Waals surface area contributed by atoms with Crippen molar-refractivity contribution in [2.75, 3.05) is 5.73 Å². The van der Waals surface area contributed by atoms with E-state index < -0.39 is 12.1 Å². The van der Waals surface area contributed by atoms with Gasteiger partial charge in [-0.2, -0.15) is 0 Å².